The molecule has 0 radical (unpaired) electrons. The van der Waals surface area contributed by atoms with Crippen molar-refractivity contribution < 1.29 is 4.79 Å². The lowest BCUT2D eigenvalue weighted by Crippen LogP contribution is -2.51. The van der Waals surface area contributed by atoms with Crippen molar-refractivity contribution in [3.8, 4) is 0 Å². The van der Waals surface area contributed by atoms with Crippen LogP contribution in [0.1, 0.15) is 92.9 Å². The van der Waals surface area contributed by atoms with Gasteiger partial charge in [-0.1, -0.05) is 46.3 Å². The molecule has 3 fully saturated rings. The van der Waals surface area contributed by atoms with Crippen molar-refractivity contribution in [3.05, 3.63) is 11.6 Å². The highest BCUT2D eigenvalue weighted by Crippen LogP contribution is 2.67. The number of allylic oxidation sites excluding steroid dienone is 2. The van der Waals surface area contributed by atoms with Gasteiger partial charge >= 0.3 is 0 Å². The smallest absolute Gasteiger partial charge is 0.133 e. The van der Waals surface area contributed by atoms with Crippen LogP contribution in [0.2, 0.25) is 0 Å². The molecule has 1 heteroatoms. The molecule has 0 aromatic rings. The zero-order valence-corrected chi connectivity index (χ0v) is 18.0. The molecule has 7 atom stereocenters. The molecular weight excluding hydrogens is 316 g/mol. The first-order valence-corrected chi connectivity index (χ1v) is 11.3. The van der Waals surface area contributed by atoms with Crippen molar-refractivity contribution >= 4 is 5.78 Å². The topological polar surface area (TPSA) is 17.1 Å². The molecular formula is C25H40O. The minimum atomic E-state index is 0.289. The molecule has 0 spiro atoms. The highest BCUT2D eigenvalue weighted by Gasteiger charge is 2.59. The molecule has 0 N–H and O–H groups in total. The fourth-order valence-corrected chi connectivity index (χ4v) is 8.07. The van der Waals surface area contributed by atoms with Gasteiger partial charge in [-0.05, 0) is 98.2 Å². The van der Waals surface area contributed by atoms with Gasteiger partial charge in [0.05, 0.1) is 0 Å². The van der Waals surface area contributed by atoms with E-state index >= 15 is 0 Å². The van der Waals surface area contributed by atoms with E-state index in [-0.39, 0.29) is 5.41 Å². The molecule has 0 saturated heterocycles. The van der Waals surface area contributed by atoms with E-state index < -0.39 is 0 Å². The van der Waals surface area contributed by atoms with Gasteiger partial charge in [-0.15, -0.1) is 0 Å². The van der Waals surface area contributed by atoms with Gasteiger partial charge in [0.15, 0.2) is 0 Å². The molecule has 3 saturated carbocycles. The number of rotatable bonds is 1. The van der Waals surface area contributed by atoms with Crippen LogP contribution in [0, 0.1) is 45.8 Å². The van der Waals surface area contributed by atoms with Gasteiger partial charge in [0, 0.05) is 5.92 Å². The molecule has 4 aliphatic rings. The van der Waals surface area contributed by atoms with Crippen LogP contribution in [-0.2, 0) is 4.79 Å². The van der Waals surface area contributed by atoms with Gasteiger partial charge in [-0.2, -0.15) is 0 Å². The minimum Gasteiger partial charge on any atom is -0.300 e. The summed E-state index contributed by atoms with van der Waals surface area (Å²) in [5.74, 6) is 4.12. The van der Waals surface area contributed by atoms with E-state index in [2.05, 4.69) is 40.7 Å². The fourth-order valence-electron chi connectivity index (χ4n) is 8.07. The van der Waals surface area contributed by atoms with Crippen molar-refractivity contribution in [2.45, 2.75) is 92.9 Å². The Morgan fingerprint density at radius 2 is 1.77 bits per heavy atom. The summed E-state index contributed by atoms with van der Waals surface area (Å²) in [5, 5.41) is 0. The quantitative estimate of drug-likeness (QED) is 0.471. The van der Waals surface area contributed by atoms with Crippen LogP contribution in [0.25, 0.3) is 0 Å². The Kier molecular flexibility index (Phi) is 4.29. The number of carbonyl (C=O) groups is 1. The van der Waals surface area contributed by atoms with E-state index in [0.717, 1.165) is 30.1 Å². The molecule has 0 aromatic heterocycles. The lowest BCUT2D eigenvalue weighted by Gasteiger charge is -2.58. The maximum absolute atomic E-state index is 12.3. The van der Waals surface area contributed by atoms with Gasteiger partial charge in [0.2, 0.25) is 0 Å². The molecule has 146 valence electrons. The summed E-state index contributed by atoms with van der Waals surface area (Å²) >= 11 is 0. The minimum absolute atomic E-state index is 0.289. The van der Waals surface area contributed by atoms with Crippen LogP contribution >= 0.6 is 0 Å². The lowest BCUT2D eigenvalue weighted by molar-refractivity contribution is -0.127. The average Bonchev–Trinajstić information content (AvgIpc) is 2.90. The molecule has 0 aliphatic heterocycles. The number of hydrogen-bond acceptors (Lipinski definition) is 1. The highest BCUT2D eigenvalue weighted by molar-refractivity contribution is 5.79. The van der Waals surface area contributed by atoms with Crippen LogP contribution in [0.3, 0.4) is 0 Å². The van der Waals surface area contributed by atoms with Gasteiger partial charge in [0.25, 0.3) is 0 Å². The first-order valence-electron chi connectivity index (χ1n) is 11.3. The standard InChI is InChI=1S/C25H40O/c1-16(26)20-9-10-21-19-8-7-18-15-17(23(2,3)4)11-13-24(18,5)22(19)12-14-25(20,21)6/h7,17,19-22H,8-15H2,1-6H3/t17?,19?,20-,21?,22?,24+,25-/m1/s1. The molecule has 26 heavy (non-hydrogen) atoms. The van der Waals surface area contributed by atoms with E-state index in [1.54, 1.807) is 5.57 Å². The Morgan fingerprint density at radius 1 is 1.04 bits per heavy atom. The zero-order valence-electron chi connectivity index (χ0n) is 18.0. The number of carbonyl (C=O) groups excluding carboxylic acids is 1. The van der Waals surface area contributed by atoms with Crippen molar-refractivity contribution in [2.24, 2.45) is 45.8 Å². The summed E-state index contributed by atoms with van der Waals surface area (Å²) in [6.07, 6.45) is 13.2. The highest BCUT2D eigenvalue weighted by atomic mass is 16.1. The Balaban J connectivity index is 1.62. The molecule has 4 unspecified atom stereocenters. The summed E-state index contributed by atoms with van der Waals surface area (Å²) in [6, 6.07) is 0. The Bertz CT molecular complexity index is 623. The van der Waals surface area contributed by atoms with Crippen LogP contribution in [-0.4, -0.2) is 5.78 Å². The van der Waals surface area contributed by atoms with Gasteiger partial charge in [0.1, 0.15) is 5.78 Å². The van der Waals surface area contributed by atoms with Crippen LogP contribution < -0.4 is 0 Å². The second-order valence-electron chi connectivity index (χ2n) is 11.9. The van der Waals surface area contributed by atoms with Crippen molar-refractivity contribution in [2.75, 3.05) is 0 Å². The predicted octanol–water partition coefficient (Wildman–Crippen LogP) is 6.82. The average molecular weight is 357 g/mol. The predicted molar refractivity (Wildman–Crippen MR) is 109 cm³/mol. The van der Waals surface area contributed by atoms with Crippen LogP contribution in [0.15, 0.2) is 11.6 Å². The number of fused-ring (bicyclic) bond motifs is 5. The second kappa shape index (κ2) is 5.95. The van der Waals surface area contributed by atoms with E-state index in [9.17, 15) is 4.79 Å². The van der Waals surface area contributed by atoms with E-state index in [4.69, 9.17) is 0 Å². The monoisotopic (exact) mass is 356 g/mol. The molecule has 0 amide bonds. The van der Waals surface area contributed by atoms with Crippen molar-refractivity contribution in [1.82, 2.24) is 0 Å². The normalized spacial score (nSPS) is 48.2. The first kappa shape index (κ1) is 18.8. The van der Waals surface area contributed by atoms with Crippen molar-refractivity contribution in [3.63, 3.8) is 0 Å². The van der Waals surface area contributed by atoms with E-state index in [1.807, 2.05) is 6.92 Å². The summed E-state index contributed by atoms with van der Waals surface area (Å²) < 4.78 is 0. The molecule has 4 rings (SSSR count). The fraction of sp³-hybridized carbons (Fsp3) is 0.880. The number of ketones is 1. The second-order valence-corrected chi connectivity index (χ2v) is 11.9. The zero-order chi connectivity index (χ0) is 18.9. The first-order chi connectivity index (χ1) is 12.1. The summed E-state index contributed by atoms with van der Waals surface area (Å²) in [5.41, 5.74) is 2.97. The van der Waals surface area contributed by atoms with Crippen LogP contribution in [0.5, 0.6) is 0 Å². The Morgan fingerprint density at radius 3 is 2.42 bits per heavy atom. The molecule has 0 aromatic carbocycles. The maximum Gasteiger partial charge on any atom is 0.133 e. The Hall–Kier alpha value is -0.590. The van der Waals surface area contributed by atoms with Crippen LogP contribution in [0.4, 0.5) is 0 Å². The van der Waals surface area contributed by atoms with E-state index in [0.29, 0.717) is 22.5 Å². The maximum atomic E-state index is 12.3. The third kappa shape index (κ3) is 2.59. The molecule has 0 heterocycles. The number of Topliss-reactive ketones (excluding diaryl/α,β-unsaturated/α-hetero) is 1. The number of hydrogen-bond donors (Lipinski definition) is 0. The summed E-state index contributed by atoms with van der Waals surface area (Å²) in [7, 11) is 0. The summed E-state index contributed by atoms with van der Waals surface area (Å²) in [6.45, 7) is 14.2. The van der Waals surface area contributed by atoms with Gasteiger partial charge in [-0.3, -0.25) is 4.79 Å². The molecule has 1 nitrogen and oxygen atoms in total. The van der Waals surface area contributed by atoms with E-state index in [1.165, 1.54) is 44.9 Å². The third-order valence-electron chi connectivity index (χ3n) is 9.82. The third-order valence-corrected chi connectivity index (χ3v) is 9.82. The lowest BCUT2D eigenvalue weighted by atomic mass is 9.46. The SMILES string of the molecule is CC(=O)[C@H]1CCC2C3CC=C4CC(C(C)(C)C)CC[C@]4(C)C3CC[C@@]21C. The van der Waals surface area contributed by atoms with Gasteiger partial charge in [-0.25, -0.2) is 0 Å². The van der Waals surface area contributed by atoms with Gasteiger partial charge < -0.3 is 0 Å². The molecule has 4 aliphatic carbocycles. The Labute approximate surface area is 161 Å². The van der Waals surface area contributed by atoms with Crippen molar-refractivity contribution in [1.29, 1.82) is 0 Å². The largest absolute Gasteiger partial charge is 0.300 e. The summed E-state index contributed by atoms with van der Waals surface area (Å²) in [4.78, 5) is 12.3. The molecule has 0 bridgehead atoms.